The van der Waals surface area contributed by atoms with Gasteiger partial charge in [-0.25, -0.2) is 0 Å². The van der Waals surface area contributed by atoms with E-state index in [1.165, 1.54) is 22.3 Å². The van der Waals surface area contributed by atoms with Crippen LogP contribution in [0.5, 0.6) is 0 Å². The molecular formula is C21H28O. The van der Waals surface area contributed by atoms with E-state index in [4.69, 9.17) is 0 Å². The highest BCUT2D eigenvalue weighted by Crippen LogP contribution is 2.33. The van der Waals surface area contributed by atoms with Gasteiger partial charge >= 0.3 is 0 Å². The molecule has 0 amide bonds. The van der Waals surface area contributed by atoms with Crippen LogP contribution >= 0.6 is 0 Å². The number of rotatable bonds is 6. The van der Waals surface area contributed by atoms with Crippen LogP contribution in [0.3, 0.4) is 0 Å². The van der Waals surface area contributed by atoms with E-state index in [1.54, 1.807) is 0 Å². The van der Waals surface area contributed by atoms with Gasteiger partial charge in [0, 0.05) is 0 Å². The standard InChI is InChI=1S/C21H28O/c1-5-15-11-9-12-16(6-2)19(15)21(22)20-17(7-3)13-10-14-18(20)8-4/h9-14,21-22H,5-8H2,1-4H3. The molecule has 0 bridgehead atoms. The Balaban J connectivity index is 2.65. The topological polar surface area (TPSA) is 20.2 Å². The van der Waals surface area contributed by atoms with Crippen molar-refractivity contribution in [2.45, 2.75) is 59.5 Å². The van der Waals surface area contributed by atoms with Crippen molar-refractivity contribution in [3.63, 3.8) is 0 Å². The van der Waals surface area contributed by atoms with Crippen molar-refractivity contribution in [3.8, 4) is 0 Å². The molecule has 1 heteroatoms. The van der Waals surface area contributed by atoms with Crippen LogP contribution in [0.1, 0.15) is 67.2 Å². The fraction of sp³-hybridized carbons (Fsp3) is 0.429. The molecule has 0 atom stereocenters. The van der Waals surface area contributed by atoms with Gasteiger partial charge in [0.25, 0.3) is 0 Å². The molecule has 0 heterocycles. The van der Waals surface area contributed by atoms with Gasteiger partial charge in [-0.2, -0.15) is 0 Å². The monoisotopic (exact) mass is 296 g/mol. The zero-order valence-electron chi connectivity index (χ0n) is 14.3. The molecule has 0 spiro atoms. The van der Waals surface area contributed by atoms with E-state index in [-0.39, 0.29) is 0 Å². The van der Waals surface area contributed by atoms with E-state index in [1.807, 2.05) is 0 Å². The van der Waals surface area contributed by atoms with Crippen molar-refractivity contribution in [1.29, 1.82) is 0 Å². The van der Waals surface area contributed by atoms with Crippen LogP contribution in [0.4, 0.5) is 0 Å². The summed E-state index contributed by atoms with van der Waals surface area (Å²) in [6.07, 6.45) is 3.30. The van der Waals surface area contributed by atoms with Gasteiger partial charge in [-0.15, -0.1) is 0 Å². The van der Waals surface area contributed by atoms with Gasteiger partial charge < -0.3 is 5.11 Å². The number of hydrogen-bond acceptors (Lipinski definition) is 1. The Kier molecular flexibility index (Phi) is 5.79. The third kappa shape index (κ3) is 3.10. The molecule has 0 aliphatic heterocycles. The average Bonchev–Trinajstić information content (AvgIpc) is 2.59. The van der Waals surface area contributed by atoms with Crippen molar-refractivity contribution in [3.05, 3.63) is 69.8 Å². The van der Waals surface area contributed by atoms with Gasteiger partial charge in [0.2, 0.25) is 0 Å². The van der Waals surface area contributed by atoms with E-state index in [0.717, 1.165) is 36.8 Å². The maximum atomic E-state index is 11.2. The fourth-order valence-electron chi connectivity index (χ4n) is 3.41. The molecule has 0 aromatic heterocycles. The van der Waals surface area contributed by atoms with Crippen molar-refractivity contribution in [2.24, 2.45) is 0 Å². The minimum atomic E-state index is -0.516. The summed E-state index contributed by atoms with van der Waals surface area (Å²) in [5.74, 6) is 0. The molecule has 2 rings (SSSR count). The van der Waals surface area contributed by atoms with E-state index >= 15 is 0 Å². The summed E-state index contributed by atoms with van der Waals surface area (Å²) in [7, 11) is 0. The van der Waals surface area contributed by atoms with Crippen molar-refractivity contribution in [2.75, 3.05) is 0 Å². The van der Waals surface area contributed by atoms with Crippen molar-refractivity contribution >= 4 is 0 Å². The number of hydrogen-bond donors (Lipinski definition) is 1. The van der Waals surface area contributed by atoms with Crippen LogP contribution in [-0.4, -0.2) is 5.11 Å². The lowest BCUT2D eigenvalue weighted by molar-refractivity contribution is 0.216. The minimum absolute atomic E-state index is 0.516. The van der Waals surface area contributed by atoms with Gasteiger partial charge in [-0.05, 0) is 59.1 Å². The molecular weight excluding hydrogens is 268 g/mol. The molecule has 2 aromatic rings. The molecule has 22 heavy (non-hydrogen) atoms. The van der Waals surface area contributed by atoms with Gasteiger partial charge in [0.1, 0.15) is 6.10 Å². The molecule has 0 aliphatic carbocycles. The lowest BCUT2D eigenvalue weighted by Crippen LogP contribution is -2.12. The number of benzene rings is 2. The Hall–Kier alpha value is -1.60. The van der Waals surface area contributed by atoms with Crippen LogP contribution in [0.15, 0.2) is 36.4 Å². The third-order valence-corrected chi connectivity index (χ3v) is 4.64. The fourth-order valence-corrected chi connectivity index (χ4v) is 3.41. The maximum absolute atomic E-state index is 11.2. The smallest absolute Gasteiger partial charge is 0.105 e. The molecule has 0 fully saturated rings. The quantitative estimate of drug-likeness (QED) is 0.793. The number of aliphatic hydroxyl groups is 1. The van der Waals surface area contributed by atoms with Gasteiger partial charge in [0.15, 0.2) is 0 Å². The first-order chi connectivity index (χ1) is 10.7. The molecule has 0 radical (unpaired) electrons. The summed E-state index contributed by atoms with van der Waals surface area (Å²) in [6, 6.07) is 12.8. The molecule has 2 aromatic carbocycles. The highest BCUT2D eigenvalue weighted by molar-refractivity contribution is 5.47. The molecule has 1 nitrogen and oxygen atoms in total. The molecule has 0 saturated heterocycles. The van der Waals surface area contributed by atoms with Crippen LogP contribution in [0, 0.1) is 0 Å². The first-order valence-corrected chi connectivity index (χ1v) is 8.57. The minimum Gasteiger partial charge on any atom is -0.384 e. The van der Waals surface area contributed by atoms with Crippen molar-refractivity contribution < 1.29 is 5.11 Å². The SMILES string of the molecule is CCc1cccc(CC)c1C(O)c1c(CC)cccc1CC. The van der Waals surface area contributed by atoms with Gasteiger partial charge in [0.05, 0.1) is 0 Å². The second kappa shape index (κ2) is 7.60. The number of aryl methyl sites for hydroxylation is 4. The Morgan fingerprint density at radius 3 is 1.14 bits per heavy atom. The summed E-state index contributed by atoms with van der Waals surface area (Å²) in [5, 5.41) is 11.2. The van der Waals surface area contributed by atoms with E-state index < -0.39 is 6.10 Å². The van der Waals surface area contributed by atoms with Crippen molar-refractivity contribution in [1.82, 2.24) is 0 Å². The Morgan fingerprint density at radius 1 is 0.636 bits per heavy atom. The Bertz CT molecular complexity index is 528. The first kappa shape index (κ1) is 16.8. The van der Waals surface area contributed by atoms with Crippen LogP contribution in [-0.2, 0) is 25.7 Å². The largest absolute Gasteiger partial charge is 0.384 e. The van der Waals surface area contributed by atoms with E-state index in [2.05, 4.69) is 64.1 Å². The zero-order valence-corrected chi connectivity index (χ0v) is 14.3. The van der Waals surface area contributed by atoms with E-state index in [0.29, 0.717) is 0 Å². The summed E-state index contributed by atoms with van der Waals surface area (Å²) >= 11 is 0. The predicted octanol–water partition coefficient (Wildman–Crippen LogP) is 5.02. The van der Waals surface area contributed by atoms with Crippen LogP contribution in [0.2, 0.25) is 0 Å². The second-order valence-electron chi connectivity index (χ2n) is 5.80. The highest BCUT2D eigenvalue weighted by Gasteiger charge is 2.21. The Morgan fingerprint density at radius 2 is 0.909 bits per heavy atom. The molecule has 118 valence electrons. The molecule has 0 unspecified atom stereocenters. The predicted molar refractivity (Wildman–Crippen MR) is 94.5 cm³/mol. The lowest BCUT2D eigenvalue weighted by Gasteiger charge is -2.23. The van der Waals surface area contributed by atoms with E-state index in [9.17, 15) is 5.11 Å². The second-order valence-corrected chi connectivity index (χ2v) is 5.80. The van der Waals surface area contributed by atoms with Gasteiger partial charge in [-0.3, -0.25) is 0 Å². The summed E-state index contributed by atoms with van der Waals surface area (Å²) < 4.78 is 0. The molecule has 1 N–H and O–H groups in total. The summed E-state index contributed by atoms with van der Waals surface area (Å²) in [6.45, 7) is 8.66. The summed E-state index contributed by atoms with van der Waals surface area (Å²) in [4.78, 5) is 0. The highest BCUT2D eigenvalue weighted by atomic mass is 16.3. The van der Waals surface area contributed by atoms with Crippen LogP contribution in [0.25, 0.3) is 0 Å². The zero-order chi connectivity index (χ0) is 16.1. The molecule has 0 aliphatic rings. The first-order valence-electron chi connectivity index (χ1n) is 8.57. The summed E-state index contributed by atoms with van der Waals surface area (Å²) in [5.41, 5.74) is 7.31. The third-order valence-electron chi connectivity index (χ3n) is 4.64. The molecule has 0 saturated carbocycles. The normalized spacial score (nSPS) is 11.2. The number of aliphatic hydroxyl groups excluding tert-OH is 1. The van der Waals surface area contributed by atoms with Gasteiger partial charge in [-0.1, -0.05) is 64.1 Å². The van der Waals surface area contributed by atoms with Crippen LogP contribution < -0.4 is 0 Å². The lowest BCUT2D eigenvalue weighted by atomic mass is 9.85. The maximum Gasteiger partial charge on any atom is 0.105 e. The average molecular weight is 296 g/mol. The Labute approximate surface area is 135 Å².